The predicted molar refractivity (Wildman–Crippen MR) is 58.4 cm³/mol. The standard InChI is InChI=1S/C13H16O2/c1-8-4-5-10-11(14)6-9(2)12(15)13(10,3)7-8/h4,6,10H,5,7H2,1-3H3/t10-,13-/m1/s1. The van der Waals surface area contributed by atoms with E-state index in [0.717, 1.165) is 12.8 Å². The number of allylic oxidation sites excluding steroid dienone is 4. The molecule has 2 heteroatoms. The molecule has 2 atom stereocenters. The largest absolute Gasteiger partial charge is 0.294 e. The van der Waals surface area contributed by atoms with Gasteiger partial charge in [0.25, 0.3) is 0 Å². The third-order valence-corrected chi connectivity index (χ3v) is 3.70. The van der Waals surface area contributed by atoms with Crippen molar-refractivity contribution in [3.63, 3.8) is 0 Å². The van der Waals surface area contributed by atoms with E-state index in [9.17, 15) is 9.59 Å². The molecule has 0 aromatic rings. The molecule has 2 aliphatic rings. The van der Waals surface area contributed by atoms with Crippen molar-refractivity contribution in [2.45, 2.75) is 33.6 Å². The van der Waals surface area contributed by atoms with E-state index in [1.807, 2.05) is 13.8 Å². The van der Waals surface area contributed by atoms with Gasteiger partial charge in [0.2, 0.25) is 0 Å². The maximum absolute atomic E-state index is 12.1. The fraction of sp³-hybridized carbons (Fsp3) is 0.538. The van der Waals surface area contributed by atoms with Crippen LogP contribution >= 0.6 is 0 Å². The monoisotopic (exact) mass is 204 g/mol. The molecular weight excluding hydrogens is 188 g/mol. The summed E-state index contributed by atoms with van der Waals surface area (Å²) in [6, 6.07) is 0. The molecule has 0 saturated heterocycles. The Bertz CT molecular complexity index is 401. The maximum Gasteiger partial charge on any atom is 0.165 e. The van der Waals surface area contributed by atoms with E-state index in [1.165, 1.54) is 11.6 Å². The highest BCUT2D eigenvalue weighted by atomic mass is 16.1. The molecule has 80 valence electrons. The van der Waals surface area contributed by atoms with Crippen molar-refractivity contribution < 1.29 is 9.59 Å². The Balaban J connectivity index is 2.49. The molecule has 0 unspecified atom stereocenters. The molecular formula is C13H16O2. The second kappa shape index (κ2) is 3.16. The summed E-state index contributed by atoms with van der Waals surface area (Å²) < 4.78 is 0. The van der Waals surface area contributed by atoms with Crippen LogP contribution in [0.25, 0.3) is 0 Å². The Labute approximate surface area is 90.1 Å². The van der Waals surface area contributed by atoms with Gasteiger partial charge in [0.15, 0.2) is 11.6 Å². The van der Waals surface area contributed by atoms with E-state index >= 15 is 0 Å². The molecule has 2 aliphatic carbocycles. The van der Waals surface area contributed by atoms with Gasteiger partial charge in [-0.3, -0.25) is 9.59 Å². The van der Waals surface area contributed by atoms with Crippen molar-refractivity contribution in [1.29, 1.82) is 0 Å². The van der Waals surface area contributed by atoms with Crippen LogP contribution in [0.5, 0.6) is 0 Å². The lowest BCUT2D eigenvalue weighted by Gasteiger charge is -2.40. The topological polar surface area (TPSA) is 34.1 Å². The maximum atomic E-state index is 12.1. The highest BCUT2D eigenvalue weighted by Gasteiger charge is 2.48. The molecule has 0 N–H and O–H groups in total. The van der Waals surface area contributed by atoms with Crippen LogP contribution in [-0.2, 0) is 9.59 Å². The first-order chi connectivity index (χ1) is 6.95. The lowest BCUT2D eigenvalue weighted by molar-refractivity contribution is -0.136. The van der Waals surface area contributed by atoms with Crippen molar-refractivity contribution in [3.8, 4) is 0 Å². The van der Waals surface area contributed by atoms with E-state index in [2.05, 4.69) is 6.08 Å². The average molecular weight is 204 g/mol. The number of hydrogen-bond donors (Lipinski definition) is 0. The van der Waals surface area contributed by atoms with Crippen LogP contribution in [0.15, 0.2) is 23.3 Å². The fourth-order valence-corrected chi connectivity index (χ4v) is 2.85. The Morgan fingerprint density at radius 1 is 1.33 bits per heavy atom. The van der Waals surface area contributed by atoms with Crippen LogP contribution in [0.3, 0.4) is 0 Å². The van der Waals surface area contributed by atoms with Gasteiger partial charge in [-0.15, -0.1) is 0 Å². The summed E-state index contributed by atoms with van der Waals surface area (Å²) in [5.41, 5.74) is 1.37. The minimum Gasteiger partial charge on any atom is -0.294 e. The summed E-state index contributed by atoms with van der Waals surface area (Å²) in [5, 5.41) is 0. The van der Waals surface area contributed by atoms with Crippen LogP contribution < -0.4 is 0 Å². The first kappa shape index (κ1) is 10.3. The van der Waals surface area contributed by atoms with Gasteiger partial charge >= 0.3 is 0 Å². The van der Waals surface area contributed by atoms with Gasteiger partial charge in [-0.1, -0.05) is 18.6 Å². The van der Waals surface area contributed by atoms with Gasteiger partial charge in [-0.05, 0) is 38.3 Å². The zero-order valence-electron chi connectivity index (χ0n) is 9.46. The predicted octanol–water partition coefficient (Wildman–Crippen LogP) is 2.45. The number of hydrogen-bond acceptors (Lipinski definition) is 2. The number of Topliss-reactive ketones (excluding diaryl/α,β-unsaturated/α-hetero) is 1. The van der Waals surface area contributed by atoms with Crippen LogP contribution in [0, 0.1) is 11.3 Å². The van der Waals surface area contributed by atoms with Gasteiger partial charge in [-0.25, -0.2) is 0 Å². The highest BCUT2D eigenvalue weighted by molar-refractivity contribution is 6.12. The summed E-state index contributed by atoms with van der Waals surface area (Å²) in [5.74, 6) is 0.148. The fourth-order valence-electron chi connectivity index (χ4n) is 2.85. The van der Waals surface area contributed by atoms with Gasteiger partial charge < -0.3 is 0 Å². The van der Waals surface area contributed by atoms with E-state index in [1.54, 1.807) is 6.92 Å². The minimum atomic E-state index is -0.477. The van der Waals surface area contributed by atoms with Gasteiger partial charge in [0.05, 0.1) is 0 Å². The van der Waals surface area contributed by atoms with Crippen LogP contribution in [0.4, 0.5) is 0 Å². The molecule has 0 fully saturated rings. The van der Waals surface area contributed by atoms with Crippen LogP contribution in [-0.4, -0.2) is 11.6 Å². The third-order valence-electron chi connectivity index (χ3n) is 3.70. The summed E-state index contributed by atoms with van der Waals surface area (Å²) >= 11 is 0. The summed E-state index contributed by atoms with van der Waals surface area (Å²) in [4.78, 5) is 24.0. The van der Waals surface area contributed by atoms with Crippen LogP contribution in [0.1, 0.15) is 33.6 Å². The number of ketones is 2. The van der Waals surface area contributed by atoms with E-state index in [0.29, 0.717) is 5.57 Å². The SMILES string of the molecule is CC1=CC[C@@H]2C(=O)C=C(C)C(=O)[C@]2(C)C1. The lowest BCUT2D eigenvalue weighted by atomic mass is 9.60. The molecule has 0 heterocycles. The zero-order valence-corrected chi connectivity index (χ0v) is 9.46. The van der Waals surface area contributed by atoms with E-state index in [4.69, 9.17) is 0 Å². The van der Waals surface area contributed by atoms with Crippen molar-refractivity contribution in [2.75, 3.05) is 0 Å². The third kappa shape index (κ3) is 1.39. The lowest BCUT2D eigenvalue weighted by Crippen LogP contribution is -2.45. The number of carbonyl (C=O) groups excluding carboxylic acids is 2. The molecule has 0 spiro atoms. The van der Waals surface area contributed by atoms with Gasteiger partial charge in [0.1, 0.15) is 0 Å². The highest BCUT2D eigenvalue weighted by Crippen LogP contribution is 2.45. The molecule has 15 heavy (non-hydrogen) atoms. The summed E-state index contributed by atoms with van der Waals surface area (Å²) in [6.45, 7) is 5.72. The second-order valence-corrected chi connectivity index (χ2v) is 4.99. The molecule has 0 radical (unpaired) electrons. The Morgan fingerprint density at radius 2 is 2.00 bits per heavy atom. The quantitative estimate of drug-likeness (QED) is 0.568. The Kier molecular flexibility index (Phi) is 2.18. The van der Waals surface area contributed by atoms with Gasteiger partial charge in [-0.2, -0.15) is 0 Å². The molecule has 0 saturated carbocycles. The van der Waals surface area contributed by atoms with Crippen molar-refractivity contribution in [3.05, 3.63) is 23.3 Å². The smallest absolute Gasteiger partial charge is 0.165 e. The normalized spacial score (nSPS) is 35.8. The number of fused-ring (bicyclic) bond motifs is 1. The molecule has 0 aromatic carbocycles. The molecule has 0 aromatic heterocycles. The minimum absolute atomic E-state index is 0.123. The zero-order chi connectivity index (χ0) is 11.2. The van der Waals surface area contributed by atoms with Crippen molar-refractivity contribution in [1.82, 2.24) is 0 Å². The number of rotatable bonds is 0. The van der Waals surface area contributed by atoms with Crippen molar-refractivity contribution >= 4 is 11.6 Å². The molecule has 0 aliphatic heterocycles. The molecule has 0 bridgehead atoms. The summed E-state index contributed by atoms with van der Waals surface area (Å²) in [6.07, 6.45) is 5.06. The van der Waals surface area contributed by atoms with E-state index < -0.39 is 5.41 Å². The van der Waals surface area contributed by atoms with Crippen molar-refractivity contribution in [2.24, 2.45) is 11.3 Å². The average Bonchev–Trinajstić information content (AvgIpc) is 2.14. The Morgan fingerprint density at radius 3 is 2.67 bits per heavy atom. The Hall–Kier alpha value is -1.18. The summed E-state index contributed by atoms with van der Waals surface area (Å²) in [7, 11) is 0. The molecule has 0 amide bonds. The molecule has 2 rings (SSSR count). The first-order valence-electron chi connectivity index (χ1n) is 5.38. The first-order valence-corrected chi connectivity index (χ1v) is 5.38. The number of carbonyl (C=O) groups is 2. The molecule has 2 nitrogen and oxygen atoms in total. The van der Waals surface area contributed by atoms with E-state index in [-0.39, 0.29) is 17.5 Å². The second-order valence-electron chi connectivity index (χ2n) is 4.99. The van der Waals surface area contributed by atoms with Crippen LogP contribution in [0.2, 0.25) is 0 Å². The van der Waals surface area contributed by atoms with Gasteiger partial charge in [0, 0.05) is 11.3 Å².